The highest BCUT2D eigenvalue weighted by molar-refractivity contribution is 7.89. The number of aromatic nitrogens is 1. The molecule has 2 aromatic rings. The molecule has 0 saturated carbocycles. The van der Waals surface area contributed by atoms with Gasteiger partial charge in [-0.1, -0.05) is 12.1 Å². The third-order valence-electron chi connectivity index (χ3n) is 4.85. The Kier molecular flexibility index (Phi) is 6.23. The molecule has 10 heteroatoms. The summed E-state index contributed by atoms with van der Waals surface area (Å²) in [6, 6.07) is 7.68. The molecule has 0 atom stereocenters. The molecule has 0 bridgehead atoms. The Bertz CT molecular complexity index is 957. The molecule has 1 N–H and O–H groups in total. The summed E-state index contributed by atoms with van der Waals surface area (Å²) in [5, 5.41) is 2.80. The zero-order chi connectivity index (χ0) is 21.1. The minimum Gasteiger partial charge on any atom is -0.352 e. The van der Waals surface area contributed by atoms with E-state index in [-0.39, 0.29) is 37.8 Å². The van der Waals surface area contributed by atoms with Crippen molar-refractivity contribution in [1.29, 1.82) is 0 Å². The van der Waals surface area contributed by atoms with Gasteiger partial charge in [0.1, 0.15) is 0 Å². The topological polar surface area (TPSA) is 79.4 Å². The fourth-order valence-corrected chi connectivity index (χ4v) is 4.94. The monoisotopic (exact) mass is 427 g/mol. The minimum absolute atomic E-state index is 0.0120. The minimum atomic E-state index is -4.77. The Morgan fingerprint density at radius 2 is 1.72 bits per heavy atom. The Balaban J connectivity index is 1.64. The average molecular weight is 427 g/mol. The highest BCUT2D eigenvalue weighted by Crippen LogP contribution is 2.36. The van der Waals surface area contributed by atoms with E-state index in [0.717, 1.165) is 28.1 Å². The normalized spacial score (nSPS) is 16.5. The maximum Gasteiger partial charge on any atom is 0.417 e. The SMILES string of the molecule is O=C(NCc1ccncc1)C1CCN(S(=O)(=O)c2ccccc2C(F)(F)F)CC1. The van der Waals surface area contributed by atoms with Gasteiger partial charge in [-0.15, -0.1) is 0 Å². The molecule has 1 amide bonds. The Hall–Kier alpha value is -2.46. The maximum atomic E-state index is 13.2. The van der Waals surface area contributed by atoms with Crippen LogP contribution in [0.25, 0.3) is 0 Å². The van der Waals surface area contributed by atoms with E-state index in [1.807, 2.05) is 0 Å². The fourth-order valence-electron chi connectivity index (χ4n) is 3.26. The van der Waals surface area contributed by atoms with Crippen molar-refractivity contribution in [2.24, 2.45) is 5.92 Å². The van der Waals surface area contributed by atoms with E-state index in [0.29, 0.717) is 6.54 Å². The second-order valence-electron chi connectivity index (χ2n) is 6.75. The Morgan fingerprint density at radius 1 is 1.10 bits per heavy atom. The molecule has 0 aliphatic carbocycles. The highest BCUT2D eigenvalue weighted by atomic mass is 32.2. The molecular weight excluding hydrogens is 407 g/mol. The predicted octanol–water partition coefficient (Wildman–Crippen LogP) is 2.82. The quantitative estimate of drug-likeness (QED) is 0.796. The highest BCUT2D eigenvalue weighted by Gasteiger charge is 2.40. The number of piperidine rings is 1. The Labute approximate surface area is 166 Å². The maximum absolute atomic E-state index is 13.2. The van der Waals surface area contributed by atoms with Crippen molar-refractivity contribution in [2.75, 3.05) is 13.1 Å². The summed E-state index contributed by atoms with van der Waals surface area (Å²) in [6.45, 7) is 0.308. The first kappa shape index (κ1) is 21.3. The van der Waals surface area contributed by atoms with Crippen molar-refractivity contribution < 1.29 is 26.4 Å². The van der Waals surface area contributed by atoms with Crippen molar-refractivity contribution in [3.63, 3.8) is 0 Å². The Morgan fingerprint density at radius 3 is 2.34 bits per heavy atom. The summed E-state index contributed by atoms with van der Waals surface area (Å²) in [6.07, 6.45) is -1.05. The number of alkyl halides is 3. The molecule has 1 fully saturated rings. The molecule has 0 radical (unpaired) electrons. The van der Waals surface area contributed by atoms with Gasteiger partial charge in [0.15, 0.2) is 0 Å². The van der Waals surface area contributed by atoms with Crippen LogP contribution in [0.4, 0.5) is 13.2 Å². The molecule has 29 heavy (non-hydrogen) atoms. The number of nitrogens with zero attached hydrogens (tertiary/aromatic N) is 2. The first-order valence-electron chi connectivity index (χ1n) is 9.02. The number of nitrogens with one attached hydrogen (secondary N) is 1. The fraction of sp³-hybridized carbons (Fsp3) is 0.368. The summed E-state index contributed by atoms with van der Waals surface area (Å²) in [5.41, 5.74) is -0.297. The van der Waals surface area contributed by atoms with Gasteiger partial charge >= 0.3 is 6.18 Å². The summed E-state index contributed by atoms with van der Waals surface area (Å²) < 4.78 is 66.1. The number of hydrogen-bond acceptors (Lipinski definition) is 4. The molecule has 1 aliphatic rings. The smallest absolute Gasteiger partial charge is 0.352 e. The number of carbonyl (C=O) groups is 1. The number of hydrogen-bond donors (Lipinski definition) is 1. The van der Waals surface area contributed by atoms with Crippen LogP contribution in [0.15, 0.2) is 53.7 Å². The van der Waals surface area contributed by atoms with Crippen LogP contribution in [0.2, 0.25) is 0 Å². The molecule has 1 aromatic carbocycles. The van der Waals surface area contributed by atoms with Crippen LogP contribution in [0.3, 0.4) is 0 Å². The molecule has 0 unspecified atom stereocenters. The standard InChI is InChI=1S/C19H20F3N3O3S/c20-19(21,22)16-3-1-2-4-17(16)29(27,28)25-11-7-15(8-12-25)18(26)24-13-14-5-9-23-10-6-14/h1-6,9-10,15H,7-8,11-13H2,(H,24,26). The molecule has 156 valence electrons. The van der Waals surface area contributed by atoms with Gasteiger partial charge in [0, 0.05) is 37.9 Å². The van der Waals surface area contributed by atoms with Gasteiger partial charge in [0.25, 0.3) is 0 Å². The van der Waals surface area contributed by atoms with E-state index in [2.05, 4.69) is 10.3 Å². The van der Waals surface area contributed by atoms with Gasteiger partial charge in [-0.05, 0) is 42.7 Å². The van der Waals surface area contributed by atoms with Gasteiger partial charge in [0.05, 0.1) is 10.5 Å². The summed E-state index contributed by atoms with van der Waals surface area (Å²) >= 11 is 0. The number of sulfonamides is 1. The molecule has 2 heterocycles. The van der Waals surface area contributed by atoms with Gasteiger partial charge in [0.2, 0.25) is 15.9 Å². The van der Waals surface area contributed by atoms with E-state index in [1.165, 1.54) is 6.07 Å². The summed E-state index contributed by atoms with van der Waals surface area (Å²) in [4.78, 5) is 15.5. The summed E-state index contributed by atoms with van der Waals surface area (Å²) in [5.74, 6) is -0.587. The second-order valence-corrected chi connectivity index (χ2v) is 8.65. The van der Waals surface area contributed by atoms with Crippen LogP contribution >= 0.6 is 0 Å². The van der Waals surface area contributed by atoms with Crippen LogP contribution in [0, 0.1) is 5.92 Å². The third kappa shape index (κ3) is 4.94. The molecule has 3 rings (SSSR count). The lowest BCUT2D eigenvalue weighted by Gasteiger charge is -2.31. The number of carbonyl (C=O) groups excluding carboxylic acids is 1. The number of amides is 1. The number of rotatable bonds is 5. The van der Waals surface area contributed by atoms with Crippen molar-refractivity contribution in [3.8, 4) is 0 Å². The van der Waals surface area contributed by atoms with E-state index in [9.17, 15) is 26.4 Å². The third-order valence-corrected chi connectivity index (χ3v) is 6.81. The van der Waals surface area contributed by atoms with Gasteiger partial charge in [-0.2, -0.15) is 17.5 Å². The molecule has 6 nitrogen and oxygen atoms in total. The lowest BCUT2D eigenvalue weighted by atomic mass is 9.97. The lowest BCUT2D eigenvalue weighted by molar-refractivity contribution is -0.139. The van der Waals surface area contributed by atoms with Crippen LogP contribution in [-0.2, 0) is 27.5 Å². The predicted molar refractivity (Wildman–Crippen MR) is 99.0 cm³/mol. The van der Waals surface area contributed by atoms with E-state index in [1.54, 1.807) is 24.5 Å². The molecule has 1 saturated heterocycles. The van der Waals surface area contributed by atoms with Gasteiger partial charge in [-0.25, -0.2) is 8.42 Å². The average Bonchev–Trinajstić information content (AvgIpc) is 2.72. The van der Waals surface area contributed by atoms with E-state index >= 15 is 0 Å². The zero-order valence-electron chi connectivity index (χ0n) is 15.4. The van der Waals surface area contributed by atoms with Crippen molar-refractivity contribution >= 4 is 15.9 Å². The first-order valence-corrected chi connectivity index (χ1v) is 10.5. The molecule has 1 aromatic heterocycles. The van der Waals surface area contributed by atoms with Crippen molar-refractivity contribution in [2.45, 2.75) is 30.5 Å². The number of pyridine rings is 1. The largest absolute Gasteiger partial charge is 0.417 e. The van der Waals surface area contributed by atoms with E-state index < -0.39 is 26.7 Å². The van der Waals surface area contributed by atoms with Crippen molar-refractivity contribution in [1.82, 2.24) is 14.6 Å². The zero-order valence-corrected chi connectivity index (χ0v) is 16.2. The number of halogens is 3. The van der Waals surface area contributed by atoms with Crippen molar-refractivity contribution in [3.05, 3.63) is 59.9 Å². The second kappa shape index (κ2) is 8.50. The molecular formula is C19H20F3N3O3S. The molecule has 0 spiro atoms. The van der Waals surface area contributed by atoms with Crippen LogP contribution in [-0.4, -0.2) is 36.7 Å². The van der Waals surface area contributed by atoms with Crippen LogP contribution in [0.5, 0.6) is 0 Å². The lowest BCUT2D eigenvalue weighted by Crippen LogP contribution is -2.43. The van der Waals surface area contributed by atoms with Gasteiger partial charge < -0.3 is 5.32 Å². The summed E-state index contributed by atoms with van der Waals surface area (Å²) in [7, 11) is -4.31. The van der Waals surface area contributed by atoms with Crippen LogP contribution < -0.4 is 5.32 Å². The van der Waals surface area contributed by atoms with Gasteiger partial charge in [-0.3, -0.25) is 9.78 Å². The first-order chi connectivity index (χ1) is 13.7. The van der Waals surface area contributed by atoms with Crippen LogP contribution in [0.1, 0.15) is 24.0 Å². The van der Waals surface area contributed by atoms with E-state index in [4.69, 9.17) is 0 Å². The molecule has 1 aliphatic heterocycles. The number of benzene rings is 1.